The van der Waals surface area contributed by atoms with Crippen LogP contribution < -0.4 is 10.1 Å². The Labute approximate surface area is 236 Å². The number of ether oxygens (including phenoxy) is 1. The first kappa shape index (κ1) is 32.0. The van der Waals surface area contributed by atoms with Crippen LogP contribution in [0.25, 0.3) is 0 Å². The van der Waals surface area contributed by atoms with Gasteiger partial charge in [0, 0.05) is 17.3 Å². The predicted octanol–water partition coefficient (Wildman–Crippen LogP) is 4.46. The van der Waals surface area contributed by atoms with Crippen molar-refractivity contribution in [1.82, 2.24) is 20.1 Å². The fourth-order valence-electron chi connectivity index (χ4n) is 4.06. The zero-order chi connectivity index (χ0) is 30.9. The van der Waals surface area contributed by atoms with Gasteiger partial charge in [-0.25, -0.2) is 13.1 Å². The molecule has 0 spiro atoms. The summed E-state index contributed by atoms with van der Waals surface area (Å²) in [7, 11) is -3.45. The zero-order valence-corrected chi connectivity index (χ0v) is 24.3. The van der Waals surface area contributed by atoms with Gasteiger partial charge in [-0.15, -0.1) is 0 Å². The van der Waals surface area contributed by atoms with Crippen molar-refractivity contribution in [1.29, 1.82) is 0 Å². The topological polar surface area (TPSA) is 144 Å². The molecule has 0 radical (unpaired) electrons. The number of pyridine rings is 1. The number of aromatic nitrogens is 3. The van der Waals surface area contributed by atoms with Crippen molar-refractivity contribution in [2.75, 3.05) is 12.4 Å². The quantitative estimate of drug-likeness (QED) is 0.328. The molecule has 0 saturated heterocycles. The van der Waals surface area contributed by atoms with Gasteiger partial charge >= 0.3 is 6.18 Å². The molecular weight excluding hydrogens is 565 g/mol. The van der Waals surface area contributed by atoms with Crippen molar-refractivity contribution >= 4 is 15.7 Å². The first-order valence-corrected chi connectivity index (χ1v) is 14.3. The number of halogens is 3. The molecule has 14 heteroatoms. The normalized spacial score (nSPS) is 14.0. The number of hydrogen-bond acceptors (Lipinski definition) is 8. The minimum atomic E-state index is -4.88. The third kappa shape index (κ3) is 6.88. The maximum atomic E-state index is 14.0. The second-order valence-corrected chi connectivity index (χ2v) is 12.7. The Morgan fingerprint density at radius 1 is 1.15 bits per heavy atom. The Morgan fingerprint density at radius 3 is 2.24 bits per heavy atom. The smallest absolute Gasteiger partial charge is 0.420 e. The number of nitrogens with zero attached hydrogens (tertiary/aromatic N) is 3. The van der Waals surface area contributed by atoms with Crippen molar-refractivity contribution in [2.24, 2.45) is 0 Å². The van der Waals surface area contributed by atoms with Crippen LogP contribution in [0.2, 0.25) is 0 Å². The lowest BCUT2D eigenvalue weighted by atomic mass is 10.0. The minimum Gasteiger partial charge on any atom is -0.437 e. The maximum Gasteiger partial charge on any atom is 0.420 e. The Balaban J connectivity index is 2.02. The number of sulfone groups is 1. The van der Waals surface area contributed by atoms with Gasteiger partial charge in [0.15, 0.2) is 21.3 Å². The molecule has 1 amide bonds. The SMILES string of the molecule is CCS(=O)(=O)c1ccc(C(CO)NC(=O)c2nn(C(C)(C)C)c(Oc3cncc(C(C)O)c3C(F)(F)F)c2C)cc1. The van der Waals surface area contributed by atoms with Crippen molar-refractivity contribution in [3.8, 4) is 11.6 Å². The van der Waals surface area contributed by atoms with Crippen LogP contribution in [0.1, 0.15) is 79.5 Å². The second kappa shape index (κ2) is 11.8. The summed E-state index contributed by atoms with van der Waals surface area (Å²) >= 11 is 0. The molecule has 3 rings (SSSR count). The van der Waals surface area contributed by atoms with E-state index in [0.717, 1.165) is 12.4 Å². The van der Waals surface area contributed by atoms with Gasteiger partial charge < -0.3 is 20.3 Å². The summed E-state index contributed by atoms with van der Waals surface area (Å²) in [5.74, 6) is -1.65. The number of aliphatic hydroxyl groups excluding tert-OH is 2. The maximum absolute atomic E-state index is 14.0. The van der Waals surface area contributed by atoms with Crippen LogP contribution in [0, 0.1) is 6.92 Å². The summed E-state index contributed by atoms with van der Waals surface area (Å²) < 4.78 is 73.3. The van der Waals surface area contributed by atoms with E-state index in [1.807, 2.05) is 0 Å². The van der Waals surface area contributed by atoms with Gasteiger partial charge in [0.25, 0.3) is 5.91 Å². The van der Waals surface area contributed by atoms with Gasteiger partial charge in [0.1, 0.15) is 5.56 Å². The van der Waals surface area contributed by atoms with E-state index in [1.54, 1.807) is 20.8 Å². The molecule has 0 bridgehead atoms. The monoisotopic (exact) mass is 598 g/mol. The summed E-state index contributed by atoms with van der Waals surface area (Å²) in [6.45, 7) is 8.76. The van der Waals surface area contributed by atoms with E-state index in [1.165, 1.54) is 49.7 Å². The number of carbonyl (C=O) groups excluding carboxylic acids is 1. The summed E-state index contributed by atoms with van der Waals surface area (Å²) in [6.07, 6.45) is -4.58. The minimum absolute atomic E-state index is 0.0868. The zero-order valence-electron chi connectivity index (χ0n) is 23.4. The van der Waals surface area contributed by atoms with Crippen molar-refractivity contribution < 1.29 is 41.3 Å². The Bertz CT molecular complexity index is 1510. The van der Waals surface area contributed by atoms with Crippen LogP contribution in [0.3, 0.4) is 0 Å². The molecule has 0 aliphatic carbocycles. The third-order valence-electron chi connectivity index (χ3n) is 6.31. The summed E-state index contributed by atoms with van der Waals surface area (Å²) in [5, 5.41) is 26.9. The molecule has 41 heavy (non-hydrogen) atoms. The lowest BCUT2D eigenvalue weighted by Gasteiger charge is -2.24. The highest BCUT2D eigenvalue weighted by Gasteiger charge is 2.40. The first-order chi connectivity index (χ1) is 18.9. The second-order valence-electron chi connectivity index (χ2n) is 10.4. The molecular formula is C27H33F3N4O6S. The average Bonchev–Trinajstić information content (AvgIpc) is 3.22. The number of alkyl halides is 3. The van der Waals surface area contributed by atoms with Crippen LogP contribution in [-0.2, 0) is 21.6 Å². The molecule has 0 aliphatic heterocycles. The Kier molecular flexibility index (Phi) is 9.20. The number of amides is 1. The van der Waals surface area contributed by atoms with E-state index < -0.39 is 63.1 Å². The van der Waals surface area contributed by atoms with Gasteiger partial charge in [-0.05, 0) is 52.3 Å². The lowest BCUT2D eigenvalue weighted by molar-refractivity contribution is -0.140. The van der Waals surface area contributed by atoms with Crippen LogP contribution >= 0.6 is 0 Å². The summed E-state index contributed by atoms with van der Waals surface area (Å²) in [5.41, 5.74) is -2.14. The molecule has 1 aromatic carbocycles. The number of rotatable bonds is 9. The number of carbonyl (C=O) groups is 1. The molecule has 10 nitrogen and oxygen atoms in total. The first-order valence-electron chi connectivity index (χ1n) is 12.7. The van der Waals surface area contributed by atoms with Crippen molar-refractivity contribution in [2.45, 2.75) is 70.3 Å². The molecule has 2 heterocycles. The van der Waals surface area contributed by atoms with Crippen LogP contribution in [-0.4, -0.2) is 51.7 Å². The largest absolute Gasteiger partial charge is 0.437 e. The molecule has 2 atom stereocenters. The van der Waals surface area contributed by atoms with Crippen molar-refractivity contribution in [3.63, 3.8) is 0 Å². The summed E-state index contributed by atoms with van der Waals surface area (Å²) in [6, 6.07) is 4.76. The molecule has 224 valence electrons. The molecule has 2 unspecified atom stereocenters. The highest BCUT2D eigenvalue weighted by Crippen LogP contribution is 2.43. The Hall–Kier alpha value is -3.49. The standard InChI is InChI=1S/C27H33F3N4O6S/c1-7-41(38,39)18-10-8-17(9-11-18)20(14-35)32-24(37)23-15(2)25(34(33-23)26(4,5)6)40-21-13-31-12-19(16(3)36)22(21)27(28,29)30/h8-13,16,20,35-36H,7,14H2,1-6H3,(H,32,37). The fraction of sp³-hybridized carbons (Fsp3) is 0.444. The molecule has 2 aromatic heterocycles. The van der Waals surface area contributed by atoms with Gasteiger partial charge in [-0.2, -0.15) is 18.3 Å². The van der Waals surface area contributed by atoms with Crippen LogP contribution in [0.15, 0.2) is 41.6 Å². The van der Waals surface area contributed by atoms with E-state index in [9.17, 15) is 36.6 Å². The summed E-state index contributed by atoms with van der Waals surface area (Å²) in [4.78, 5) is 17.2. The van der Waals surface area contributed by atoms with E-state index in [-0.39, 0.29) is 27.8 Å². The third-order valence-corrected chi connectivity index (χ3v) is 8.06. The predicted molar refractivity (Wildman–Crippen MR) is 143 cm³/mol. The molecule has 0 aliphatic rings. The van der Waals surface area contributed by atoms with E-state index in [0.29, 0.717) is 5.56 Å². The van der Waals surface area contributed by atoms with Gasteiger partial charge in [0.05, 0.1) is 41.1 Å². The lowest BCUT2D eigenvalue weighted by Crippen LogP contribution is -2.32. The van der Waals surface area contributed by atoms with E-state index in [4.69, 9.17) is 4.74 Å². The highest BCUT2D eigenvalue weighted by molar-refractivity contribution is 7.91. The number of hydrogen-bond donors (Lipinski definition) is 3. The van der Waals surface area contributed by atoms with Crippen LogP contribution in [0.4, 0.5) is 13.2 Å². The van der Waals surface area contributed by atoms with Gasteiger partial charge in [0.2, 0.25) is 5.88 Å². The van der Waals surface area contributed by atoms with Gasteiger partial charge in [-0.1, -0.05) is 19.1 Å². The highest BCUT2D eigenvalue weighted by atomic mass is 32.2. The van der Waals surface area contributed by atoms with E-state index >= 15 is 0 Å². The van der Waals surface area contributed by atoms with E-state index in [2.05, 4.69) is 15.4 Å². The molecule has 0 saturated carbocycles. The molecule has 0 fully saturated rings. The van der Waals surface area contributed by atoms with Crippen LogP contribution in [0.5, 0.6) is 11.6 Å². The number of benzene rings is 1. The molecule has 3 aromatic rings. The fourth-order valence-corrected chi connectivity index (χ4v) is 4.95. The average molecular weight is 599 g/mol. The molecule has 3 N–H and O–H groups in total. The number of nitrogens with one attached hydrogen (secondary N) is 1. The van der Waals surface area contributed by atoms with Crippen molar-refractivity contribution in [3.05, 3.63) is 64.6 Å². The van der Waals surface area contributed by atoms with Gasteiger partial charge in [-0.3, -0.25) is 9.78 Å². The number of aliphatic hydroxyl groups is 2. The Morgan fingerprint density at radius 2 is 1.76 bits per heavy atom.